The van der Waals surface area contributed by atoms with Crippen molar-refractivity contribution in [1.29, 1.82) is 0 Å². The number of aliphatic imine (C=N–C) groups is 2. The van der Waals surface area contributed by atoms with Crippen LogP contribution in [-0.4, -0.2) is 222 Å². The first kappa shape index (κ1) is 99.1. The molecule has 1 aromatic carbocycles. The van der Waals surface area contributed by atoms with E-state index in [0.717, 1.165) is 86.5 Å². The van der Waals surface area contributed by atoms with E-state index >= 15 is 14.4 Å². The normalized spacial score (nSPS) is 25.3. The number of pyridine rings is 2. The van der Waals surface area contributed by atoms with E-state index in [2.05, 4.69) is 104 Å². The Bertz CT molecular complexity index is 5820. The van der Waals surface area contributed by atoms with Crippen molar-refractivity contribution in [3.8, 4) is 0 Å². The number of carbonyl (C=O) groups is 12. The average Bonchev–Trinajstić information content (AvgIpc) is 1.52. The number of nitrogen functional groups attached to an aromatic ring is 1. The molecule has 2 aliphatic carbocycles. The standard InChI is InChI=1S/C72H85N19O18S5.C13H14N2.Li.H/c1-14-26(3)47-63(105)78-30(7)57(99)75-28(5)56(98)76-31(8)58(100)91-72-19-18-40(66-85-43(22-111-66)59(101)77-29(6)55(97)74-27(4)54(73)96)81-52(72)42-21-112-67(83-42)49(34(11)109-69(107)41-20-37(32(9)92)36-16-17-39(79-47)51(95)50(36)80-41)89-60(102)44-24-113-68(86-44)53(71(13,108)35(12)94)90-62(104)45-23-110-65(84-45)38(15-2)82-64(106)48(33(10)93)88-61(103)46-25-114-70(72)87-46;14-13-9-5-1-3-7-11(9)15-12-8-4-2-6-10(12)13;;/h15-17,20-22,24-26,30-35,39,45,47-49,51-53,79,92-95,108H,4-6,14,18-19,23H2,1-3,7-13H3,(H2,73,96)(H,74,97)(H,75,99)(H,76,98)(H,77,101)(H,78,105)(H,82,106)(H,88,103)(H,89,102)(H,90,104)(H,91,100);1,3,5,7H,2,4,6,8H2,(H2,14,15);;/b38-15+;;;. The quantitative estimate of drug-likeness (QED) is 0.0475. The minimum atomic E-state index is -2.21. The van der Waals surface area contributed by atoms with E-state index in [1.807, 2.05) is 18.2 Å². The number of thiazole rings is 4. The van der Waals surface area contributed by atoms with Gasteiger partial charge in [-0.15, -0.1) is 57.1 Å². The SMILES string of the molecule is C=C(NC(=O)C(=C)NC(=O)c1csc(C2=NC3c4csc(n4)C4NC(=O)c5csc(n5)C(C(C)(O)C(C)O)NC(=O)C5CSC(=N5)/C(=C\C)NC(=O)C(C(C)O)NC(=O)c5csc(n5)C3(CC2)NC(=O)C(C)NC(=O)C(=C)NC(=O)C(C)NC(=O)C(C(C)CC)NC2C=Cc3c(C(C)O)cc(nc3C2O)C(=O)OC4C)n1)C(N)=O.Nc1c2c(nc3ccccc13)CCCC2.[LiH]. The molecule has 0 saturated heterocycles. The van der Waals surface area contributed by atoms with Gasteiger partial charge in [0, 0.05) is 49.6 Å². The number of primary amides is 1. The number of nitrogens with one attached hydrogen (secondary N) is 11. The van der Waals surface area contributed by atoms with Crippen LogP contribution in [0.25, 0.3) is 17.0 Å². The zero-order chi connectivity index (χ0) is 93.7. The van der Waals surface area contributed by atoms with Crippen molar-refractivity contribution in [2.45, 2.75) is 210 Å². The molecule has 0 radical (unpaired) electrons. The number of hydrogen-bond acceptors (Lipinski definition) is 33. The average molecular weight is 1870 g/mol. The number of nitrogens with zero attached hydrogens (tertiary/aromatic N) is 8. The number of cyclic esters (lactones) is 1. The Morgan fingerprint density at radius 1 is 0.746 bits per heavy atom. The molecule has 17 unspecified atom stereocenters. The fourth-order valence-electron chi connectivity index (χ4n) is 14.7. The summed E-state index contributed by atoms with van der Waals surface area (Å²) in [6, 6.07) is -3.42. The van der Waals surface area contributed by atoms with Crippen LogP contribution in [0.5, 0.6) is 0 Å². The summed E-state index contributed by atoms with van der Waals surface area (Å²) < 4.78 is 6.26. The molecule has 0 fully saturated rings. The molecule has 45 heteroatoms. The third-order valence-electron chi connectivity index (χ3n) is 22.7. The van der Waals surface area contributed by atoms with E-state index in [1.54, 1.807) is 26.8 Å². The van der Waals surface area contributed by atoms with Crippen molar-refractivity contribution < 1.29 is 87.8 Å². The van der Waals surface area contributed by atoms with E-state index in [9.17, 15) is 68.7 Å². The molecule has 0 spiro atoms. The molecule has 4 aliphatic heterocycles. The number of rotatable bonds is 12. The second kappa shape index (κ2) is 41.7. The first-order valence-electron chi connectivity index (χ1n) is 41.1. The number of esters is 1. The Kier molecular flexibility index (Phi) is 31.8. The monoisotopic (exact) mass is 1870 g/mol. The molecule has 13 rings (SSSR count). The Hall–Kier alpha value is -11.5. The molecule has 13 bridgehead atoms. The number of fused-ring (bicyclic) bond motifs is 9. The fourth-order valence-corrected chi connectivity index (χ4v) is 19.6. The third-order valence-corrected chi connectivity index (χ3v) is 27.5. The van der Waals surface area contributed by atoms with Gasteiger partial charge >= 0.3 is 24.8 Å². The topological polar surface area (TPSA) is 602 Å². The van der Waals surface area contributed by atoms with Crippen molar-refractivity contribution in [2.75, 3.05) is 11.5 Å². The van der Waals surface area contributed by atoms with Gasteiger partial charge < -0.3 is 94.9 Å². The molecule has 11 amide bonds. The van der Waals surface area contributed by atoms with Crippen LogP contribution in [-0.2, 0) is 61.5 Å². The van der Waals surface area contributed by atoms with Gasteiger partial charge in [-0.25, -0.2) is 29.7 Å². The Morgan fingerprint density at radius 2 is 1.44 bits per heavy atom. The molecule has 0 saturated carbocycles. The number of aromatic nitrogens is 6. The third kappa shape index (κ3) is 21.7. The number of para-hydroxylation sites is 1. The fraction of sp³-hybridized carbons (Fsp3) is 0.412. The number of ether oxygens (including phenoxy) is 1. The predicted octanol–water partition coefficient (Wildman–Crippen LogP) is 2.82. The van der Waals surface area contributed by atoms with Crippen LogP contribution in [0.4, 0.5) is 5.69 Å². The summed E-state index contributed by atoms with van der Waals surface area (Å²) in [4.78, 5) is 208. The van der Waals surface area contributed by atoms with Crippen LogP contribution in [0.3, 0.4) is 0 Å². The number of nitrogens with two attached hydrogens (primary N) is 2. The molecule has 130 heavy (non-hydrogen) atoms. The summed E-state index contributed by atoms with van der Waals surface area (Å²) in [6.45, 7) is 24.9. The molecular weight excluding hydrogens is 1770 g/mol. The van der Waals surface area contributed by atoms with E-state index < -0.39 is 196 Å². The van der Waals surface area contributed by atoms with Crippen LogP contribution < -0.4 is 70.0 Å². The molecular formula is C85H100LiN21O18S5. The van der Waals surface area contributed by atoms with Crippen LogP contribution in [0, 0.1) is 5.92 Å². The number of aryl methyl sites for hydroxylation is 1. The molecule has 17 atom stereocenters. The van der Waals surface area contributed by atoms with Crippen molar-refractivity contribution in [3.05, 3.63) is 183 Å². The van der Waals surface area contributed by atoms with E-state index in [0.29, 0.717) is 6.42 Å². The summed E-state index contributed by atoms with van der Waals surface area (Å²) in [5.41, 5.74) is 8.92. The number of aliphatic hydroxyl groups is 5. The van der Waals surface area contributed by atoms with Crippen LogP contribution >= 0.6 is 57.1 Å². The van der Waals surface area contributed by atoms with Crippen LogP contribution in [0.1, 0.15) is 227 Å². The zero-order valence-corrected chi connectivity index (χ0v) is 75.8. The first-order valence-corrected chi connectivity index (χ1v) is 45.7. The van der Waals surface area contributed by atoms with Gasteiger partial charge in [-0.3, -0.25) is 73.0 Å². The second-order valence-corrected chi connectivity index (χ2v) is 36.5. The Labute approximate surface area is 777 Å². The van der Waals surface area contributed by atoms with Gasteiger partial charge in [0.05, 0.1) is 75.8 Å². The summed E-state index contributed by atoms with van der Waals surface area (Å²) in [5, 5.41) is 93.4. The van der Waals surface area contributed by atoms with Crippen LogP contribution in [0.15, 0.2) is 117 Å². The maximum absolute atomic E-state index is 15.4. The van der Waals surface area contributed by atoms with Gasteiger partial charge in [-0.2, -0.15) is 0 Å². The second-order valence-electron chi connectivity index (χ2n) is 32.0. The van der Waals surface area contributed by atoms with Gasteiger partial charge in [0.25, 0.3) is 35.4 Å². The Morgan fingerprint density at radius 3 is 2.14 bits per heavy atom. The summed E-state index contributed by atoms with van der Waals surface area (Å²) >= 11 is 4.42. The number of benzene rings is 1. The zero-order valence-electron chi connectivity index (χ0n) is 71.7. The van der Waals surface area contributed by atoms with Crippen LogP contribution in [0.2, 0.25) is 0 Å². The Balaban J connectivity index is 0.000000914. The maximum atomic E-state index is 15.4. The van der Waals surface area contributed by atoms with Crippen molar-refractivity contribution in [2.24, 2.45) is 21.6 Å². The number of hydrogen-bond donors (Lipinski definition) is 18. The van der Waals surface area contributed by atoms with Gasteiger partial charge in [0.1, 0.15) is 113 Å². The molecule has 39 nitrogen and oxygen atoms in total. The number of carbonyl (C=O) groups excluding carboxylic acids is 12. The van der Waals surface area contributed by atoms with Crippen molar-refractivity contribution >= 4 is 180 Å². The summed E-state index contributed by atoms with van der Waals surface area (Å²) in [7, 11) is 0. The summed E-state index contributed by atoms with van der Waals surface area (Å²) in [5.74, 6) is -12.2. The van der Waals surface area contributed by atoms with E-state index in [1.165, 1.54) is 112 Å². The molecule has 684 valence electrons. The molecule has 10 heterocycles. The molecule has 6 aromatic heterocycles. The number of amides is 11. The first-order chi connectivity index (χ1) is 61.1. The van der Waals surface area contributed by atoms with Gasteiger partial charge in [-0.1, -0.05) is 76.4 Å². The molecule has 20 N–H and O–H groups in total. The molecule has 7 aromatic rings. The molecule has 6 aliphatic rings. The number of anilines is 1. The number of aliphatic hydroxyl groups excluding tert-OH is 4. The van der Waals surface area contributed by atoms with E-state index in [-0.39, 0.29) is 114 Å². The van der Waals surface area contributed by atoms with Crippen molar-refractivity contribution in [3.63, 3.8) is 0 Å². The van der Waals surface area contributed by atoms with E-state index in [4.69, 9.17) is 36.1 Å². The van der Waals surface area contributed by atoms with Gasteiger partial charge in [0.15, 0.2) is 0 Å². The van der Waals surface area contributed by atoms with Crippen molar-refractivity contribution in [1.82, 2.24) is 88.4 Å². The number of thioether (sulfide) groups is 1. The predicted molar refractivity (Wildman–Crippen MR) is 488 cm³/mol. The van der Waals surface area contributed by atoms with Gasteiger partial charge in [-0.05, 0) is 123 Å². The summed E-state index contributed by atoms with van der Waals surface area (Å²) in [6.07, 6.45) is 1.50. The number of allylic oxidation sites excluding steroid dienone is 1. The van der Waals surface area contributed by atoms with Gasteiger partial charge in [0.2, 0.25) is 29.5 Å². The minimum absolute atomic E-state index is 0.